The normalized spacial score (nSPS) is 21.3. The number of hydrogen-bond acceptors (Lipinski definition) is 2. The van der Waals surface area contributed by atoms with E-state index in [-0.39, 0.29) is 5.34 Å². The minimum Gasteiger partial charge on any atom is -0.360 e. The topological polar surface area (TPSA) is 15.6 Å². The number of alkyl halides is 2. The van der Waals surface area contributed by atoms with Crippen LogP contribution in [-0.4, -0.2) is 35.7 Å². The minimum atomic E-state index is 0.194. The van der Waals surface area contributed by atoms with Gasteiger partial charge >= 0.3 is 0 Å². The highest BCUT2D eigenvalue weighted by Crippen LogP contribution is 2.15. The van der Waals surface area contributed by atoms with Crippen LogP contribution in [0.25, 0.3) is 0 Å². The van der Waals surface area contributed by atoms with E-state index in [4.69, 9.17) is 23.2 Å². The number of fused-ring (bicyclic) bond motifs is 1. The molecule has 0 radical (unpaired) electrons. The average Bonchev–Trinajstić information content (AvgIpc) is 2.43. The van der Waals surface area contributed by atoms with Gasteiger partial charge in [-0.2, -0.15) is 0 Å². The van der Waals surface area contributed by atoms with Crippen molar-refractivity contribution >= 4 is 29.0 Å². The first-order valence-corrected chi connectivity index (χ1v) is 6.35. The minimum absolute atomic E-state index is 0.194. The third-order valence-corrected chi connectivity index (χ3v) is 2.57. The first-order chi connectivity index (χ1) is 6.88. The van der Waals surface area contributed by atoms with Crippen LogP contribution in [0.15, 0.2) is 4.99 Å². The Morgan fingerprint density at radius 2 is 1.79 bits per heavy atom. The SMILES string of the molecule is C1CCC2=NCCCN2CC1.ClCCl. The molecule has 2 heterocycles. The van der Waals surface area contributed by atoms with Gasteiger partial charge in [0, 0.05) is 26.1 Å². The van der Waals surface area contributed by atoms with Crippen molar-refractivity contribution in [1.29, 1.82) is 0 Å². The second kappa shape index (κ2) is 7.36. The molecule has 2 rings (SSSR count). The van der Waals surface area contributed by atoms with Crippen LogP contribution in [-0.2, 0) is 0 Å². The fraction of sp³-hybridized carbons (Fsp3) is 0.900. The lowest BCUT2D eigenvalue weighted by molar-refractivity contribution is 0.391. The number of halogens is 2. The summed E-state index contributed by atoms with van der Waals surface area (Å²) in [4.78, 5) is 7.04. The summed E-state index contributed by atoms with van der Waals surface area (Å²) in [5.74, 6) is 1.40. The molecule has 2 nitrogen and oxygen atoms in total. The van der Waals surface area contributed by atoms with Crippen LogP contribution >= 0.6 is 23.2 Å². The van der Waals surface area contributed by atoms with E-state index < -0.39 is 0 Å². The molecular formula is C10H18Cl2N2. The Morgan fingerprint density at radius 1 is 1.07 bits per heavy atom. The van der Waals surface area contributed by atoms with Crippen molar-refractivity contribution in [2.45, 2.75) is 32.1 Å². The fourth-order valence-electron chi connectivity index (χ4n) is 1.94. The molecular weight excluding hydrogens is 219 g/mol. The molecule has 0 aromatic rings. The molecule has 0 bridgehead atoms. The van der Waals surface area contributed by atoms with Crippen LogP contribution in [0.5, 0.6) is 0 Å². The van der Waals surface area contributed by atoms with E-state index >= 15 is 0 Å². The molecule has 0 N–H and O–H groups in total. The molecule has 2 aliphatic heterocycles. The lowest BCUT2D eigenvalue weighted by Crippen LogP contribution is -2.34. The van der Waals surface area contributed by atoms with Gasteiger partial charge in [0.05, 0.1) is 11.2 Å². The summed E-state index contributed by atoms with van der Waals surface area (Å²) in [6.07, 6.45) is 6.63. The van der Waals surface area contributed by atoms with Crippen molar-refractivity contribution in [2.75, 3.05) is 25.0 Å². The Balaban J connectivity index is 0.000000293. The molecule has 2 aliphatic rings. The maximum absolute atomic E-state index is 4.76. The van der Waals surface area contributed by atoms with E-state index in [9.17, 15) is 0 Å². The van der Waals surface area contributed by atoms with E-state index in [1.54, 1.807) is 0 Å². The third kappa shape index (κ3) is 4.05. The van der Waals surface area contributed by atoms with Gasteiger partial charge in [-0.25, -0.2) is 0 Å². The number of nitrogens with zero attached hydrogens (tertiary/aromatic N) is 2. The Morgan fingerprint density at radius 3 is 2.57 bits per heavy atom. The average molecular weight is 237 g/mol. The molecule has 14 heavy (non-hydrogen) atoms. The van der Waals surface area contributed by atoms with Gasteiger partial charge in [-0.15, -0.1) is 23.2 Å². The Hall–Kier alpha value is 0.0500. The summed E-state index contributed by atoms with van der Waals surface area (Å²) in [6.45, 7) is 3.60. The van der Waals surface area contributed by atoms with E-state index in [2.05, 4.69) is 9.89 Å². The number of rotatable bonds is 0. The van der Waals surface area contributed by atoms with Gasteiger partial charge in [-0.3, -0.25) is 4.99 Å². The maximum Gasteiger partial charge on any atom is 0.0988 e. The largest absolute Gasteiger partial charge is 0.360 e. The monoisotopic (exact) mass is 236 g/mol. The standard InChI is InChI=1S/C9H16N2.CH2Cl2/c1-2-5-9-10-6-4-8-11(9)7-3-1;2-1-3/h1-8H2;1H2. The first-order valence-electron chi connectivity index (χ1n) is 5.28. The van der Waals surface area contributed by atoms with E-state index in [0.717, 1.165) is 6.54 Å². The van der Waals surface area contributed by atoms with E-state index in [1.807, 2.05) is 0 Å². The molecule has 0 aromatic carbocycles. The highest BCUT2D eigenvalue weighted by Gasteiger charge is 2.16. The molecule has 1 saturated heterocycles. The first kappa shape index (κ1) is 12.1. The predicted octanol–water partition coefficient (Wildman–Crippen LogP) is 3.09. The Kier molecular flexibility index (Phi) is 6.37. The van der Waals surface area contributed by atoms with Crippen molar-refractivity contribution in [3.8, 4) is 0 Å². The van der Waals surface area contributed by atoms with Crippen molar-refractivity contribution < 1.29 is 0 Å². The van der Waals surface area contributed by atoms with E-state index in [1.165, 1.54) is 51.0 Å². The van der Waals surface area contributed by atoms with Gasteiger partial charge in [0.25, 0.3) is 0 Å². The molecule has 0 aromatic heterocycles. The maximum atomic E-state index is 4.76. The van der Waals surface area contributed by atoms with Crippen molar-refractivity contribution in [2.24, 2.45) is 4.99 Å². The van der Waals surface area contributed by atoms with Crippen LogP contribution in [0.4, 0.5) is 0 Å². The van der Waals surface area contributed by atoms with Crippen molar-refractivity contribution in [1.82, 2.24) is 4.90 Å². The van der Waals surface area contributed by atoms with Gasteiger partial charge in [0.15, 0.2) is 0 Å². The summed E-state index contributed by atoms with van der Waals surface area (Å²) < 4.78 is 0. The molecule has 0 atom stereocenters. The summed E-state index contributed by atoms with van der Waals surface area (Å²) in [5, 5.41) is 0.194. The van der Waals surface area contributed by atoms with Crippen molar-refractivity contribution in [3.63, 3.8) is 0 Å². The second-order valence-electron chi connectivity index (χ2n) is 3.55. The molecule has 0 aliphatic carbocycles. The molecule has 0 spiro atoms. The molecule has 1 fully saturated rings. The van der Waals surface area contributed by atoms with Crippen LogP contribution in [0.1, 0.15) is 32.1 Å². The predicted molar refractivity (Wildman–Crippen MR) is 63.5 cm³/mol. The summed E-state index contributed by atoms with van der Waals surface area (Å²) in [7, 11) is 0. The fourth-order valence-corrected chi connectivity index (χ4v) is 1.94. The second-order valence-corrected chi connectivity index (χ2v) is 4.36. The zero-order valence-electron chi connectivity index (χ0n) is 8.51. The zero-order chi connectivity index (χ0) is 10.2. The highest BCUT2D eigenvalue weighted by molar-refractivity contribution is 6.40. The van der Waals surface area contributed by atoms with Crippen LogP contribution < -0.4 is 0 Å². The Labute approximate surface area is 96.3 Å². The lowest BCUT2D eigenvalue weighted by Gasteiger charge is -2.27. The lowest BCUT2D eigenvalue weighted by atomic mass is 10.2. The van der Waals surface area contributed by atoms with Gasteiger partial charge in [0.2, 0.25) is 0 Å². The molecule has 0 saturated carbocycles. The van der Waals surface area contributed by atoms with E-state index in [0.29, 0.717) is 0 Å². The number of amidine groups is 1. The smallest absolute Gasteiger partial charge is 0.0988 e. The molecule has 0 unspecified atom stereocenters. The molecule has 82 valence electrons. The quantitative estimate of drug-likeness (QED) is 0.591. The van der Waals surface area contributed by atoms with Gasteiger partial charge in [0.1, 0.15) is 0 Å². The van der Waals surface area contributed by atoms with Gasteiger partial charge in [-0.1, -0.05) is 6.42 Å². The third-order valence-electron chi connectivity index (χ3n) is 2.57. The molecule has 4 heteroatoms. The van der Waals surface area contributed by atoms with Crippen LogP contribution in [0.2, 0.25) is 0 Å². The number of hydrogen-bond donors (Lipinski definition) is 0. The summed E-state index contributed by atoms with van der Waals surface area (Å²) >= 11 is 9.53. The van der Waals surface area contributed by atoms with Gasteiger partial charge < -0.3 is 4.90 Å². The Bertz CT molecular complexity index is 183. The highest BCUT2D eigenvalue weighted by atomic mass is 35.5. The number of aliphatic imine (C=N–C) groups is 1. The van der Waals surface area contributed by atoms with Gasteiger partial charge in [-0.05, 0) is 19.3 Å². The molecule has 0 amide bonds. The van der Waals surface area contributed by atoms with Crippen molar-refractivity contribution in [3.05, 3.63) is 0 Å². The summed E-state index contributed by atoms with van der Waals surface area (Å²) in [6, 6.07) is 0. The summed E-state index contributed by atoms with van der Waals surface area (Å²) in [5.41, 5.74) is 0. The van der Waals surface area contributed by atoms with Crippen LogP contribution in [0, 0.1) is 0 Å². The van der Waals surface area contributed by atoms with Crippen LogP contribution in [0.3, 0.4) is 0 Å². The zero-order valence-corrected chi connectivity index (χ0v) is 10.0.